The van der Waals surface area contributed by atoms with Crippen LogP contribution in [-0.2, 0) is 14.1 Å². The van der Waals surface area contributed by atoms with Crippen LogP contribution in [0.25, 0.3) is 11.0 Å². The van der Waals surface area contributed by atoms with Gasteiger partial charge in [0.05, 0.1) is 16.7 Å². The summed E-state index contributed by atoms with van der Waals surface area (Å²) in [5.74, 6) is 0. The maximum Gasteiger partial charge on any atom is 0.227 e. The van der Waals surface area contributed by atoms with Gasteiger partial charge < -0.3 is 18.9 Å². The zero-order chi connectivity index (χ0) is 19.0. The first-order chi connectivity index (χ1) is 13.0. The molecule has 0 unspecified atom stereocenters. The number of nitrogens with one attached hydrogen (secondary N) is 1. The van der Waals surface area contributed by atoms with Crippen LogP contribution in [0.5, 0.6) is 0 Å². The van der Waals surface area contributed by atoms with Crippen LogP contribution in [0.3, 0.4) is 0 Å². The van der Waals surface area contributed by atoms with Gasteiger partial charge in [0.2, 0.25) is 5.62 Å². The molecule has 1 fully saturated rings. The number of aryl methyl sites for hydroxylation is 2. The van der Waals surface area contributed by atoms with Crippen LogP contribution >= 0.6 is 0 Å². The Labute approximate surface area is 160 Å². The van der Waals surface area contributed by atoms with E-state index in [9.17, 15) is 0 Å². The lowest BCUT2D eigenvalue weighted by atomic mass is 10.2. The van der Waals surface area contributed by atoms with Gasteiger partial charge in [-0.3, -0.25) is 5.43 Å². The van der Waals surface area contributed by atoms with Gasteiger partial charge >= 0.3 is 0 Å². The quantitative estimate of drug-likeness (QED) is 0.723. The molecule has 0 aliphatic carbocycles. The maximum atomic E-state index is 4.66. The van der Waals surface area contributed by atoms with E-state index in [4.69, 9.17) is 0 Å². The first-order valence-corrected chi connectivity index (χ1v) is 9.52. The van der Waals surface area contributed by atoms with Crippen molar-refractivity contribution in [2.75, 3.05) is 42.4 Å². The number of anilines is 3. The molecule has 1 N–H and O–H groups in total. The normalized spacial score (nSPS) is 15.0. The highest BCUT2D eigenvalue weighted by molar-refractivity contribution is 5.80. The number of fused-ring (bicyclic) bond motifs is 1. The molecular formula is C21H28N6. The fourth-order valence-electron chi connectivity index (χ4n) is 3.77. The summed E-state index contributed by atoms with van der Waals surface area (Å²) in [6.45, 7) is 2.33. The van der Waals surface area contributed by atoms with Crippen LogP contribution in [0.15, 0.2) is 47.6 Å². The number of aromatic nitrogens is 2. The second kappa shape index (κ2) is 7.02. The molecule has 142 valence electrons. The van der Waals surface area contributed by atoms with Gasteiger partial charge in [-0.25, -0.2) is 0 Å². The lowest BCUT2D eigenvalue weighted by molar-refractivity contribution is 0.754. The lowest BCUT2D eigenvalue weighted by Gasteiger charge is -2.17. The van der Waals surface area contributed by atoms with Crippen molar-refractivity contribution in [2.45, 2.75) is 12.8 Å². The standard InChI is InChI=1S/C21H28N6/c1-24(2)18-11-12-19-20(15-18)26(4)21(25(19)3)23-22-16-7-9-17(10-8-16)27-13-5-6-14-27/h7-12,15,22H,5-6,13-14H2,1-4H3. The van der Waals surface area contributed by atoms with Gasteiger partial charge in [0, 0.05) is 52.7 Å². The van der Waals surface area contributed by atoms with E-state index in [0.717, 1.165) is 35.4 Å². The lowest BCUT2D eigenvalue weighted by Crippen LogP contribution is -2.23. The monoisotopic (exact) mass is 364 g/mol. The van der Waals surface area contributed by atoms with Gasteiger partial charge in [-0.2, -0.15) is 0 Å². The molecule has 3 aromatic rings. The number of hydrogen-bond acceptors (Lipinski definition) is 4. The van der Waals surface area contributed by atoms with Crippen LogP contribution in [0.1, 0.15) is 12.8 Å². The predicted molar refractivity (Wildman–Crippen MR) is 113 cm³/mol. The number of imidazole rings is 1. The van der Waals surface area contributed by atoms with Crippen LogP contribution in [0, 0.1) is 0 Å². The Balaban J connectivity index is 1.62. The van der Waals surface area contributed by atoms with Crippen molar-refractivity contribution >= 4 is 28.1 Å². The van der Waals surface area contributed by atoms with Crippen molar-refractivity contribution < 1.29 is 0 Å². The van der Waals surface area contributed by atoms with E-state index in [1.165, 1.54) is 24.2 Å². The third-order valence-electron chi connectivity index (χ3n) is 5.42. The summed E-state index contributed by atoms with van der Waals surface area (Å²) in [7, 11) is 8.22. The summed E-state index contributed by atoms with van der Waals surface area (Å²) >= 11 is 0. The molecule has 2 aromatic carbocycles. The summed E-state index contributed by atoms with van der Waals surface area (Å²) in [4.78, 5) is 4.55. The second-order valence-corrected chi connectivity index (χ2v) is 7.45. The van der Waals surface area contributed by atoms with E-state index < -0.39 is 0 Å². The third-order valence-corrected chi connectivity index (χ3v) is 5.42. The summed E-state index contributed by atoms with van der Waals surface area (Å²) in [5, 5.41) is 4.66. The molecular weight excluding hydrogens is 336 g/mol. The van der Waals surface area contributed by atoms with Gasteiger partial charge in [-0.05, 0) is 55.3 Å². The SMILES string of the molecule is CN(C)c1ccc2c(c1)n(C)c(=NNc1ccc(N3CCCC3)cc1)n2C. The van der Waals surface area contributed by atoms with Crippen LogP contribution in [0.2, 0.25) is 0 Å². The molecule has 0 radical (unpaired) electrons. The number of hydrogen-bond donors (Lipinski definition) is 1. The van der Waals surface area contributed by atoms with Crippen LogP contribution < -0.4 is 20.8 Å². The molecule has 27 heavy (non-hydrogen) atoms. The molecule has 0 bridgehead atoms. The zero-order valence-electron chi connectivity index (χ0n) is 16.6. The second-order valence-electron chi connectivity index (χ2n) is 7.45. The van der Waals surface area contributed by atoms with Gasteiger partial charge in [0.1, 0.15) is 0 Å². The highest BCUT2D eigenvalue weighted by Gasteiger charge is 2.12. The van der Waals surface area contributed by atoms with Crippen molar-refractivity contribution in [3.63, 3.8) is 0 Å². The highest BCUT2D eigenvalue weighted by atomic mass is 15.3. The fraction of sp³-hybridized carbons (Fsp3) is 0.381. The molecule has 1 saturated heterocycles. The Morgan fingerprint density at radius 3 is 2.22 bits per heavy atom. The van der Waals surface area contributed by atoms with Crippen molar-refractivity contribution in [3.05, 3.63) is 48.1 Å². The summed E-state index contributed by atoms with van der Waals surface area (Å²) in [5.41, 5.74) is 9.89. The van der Waals surface area contributed by atoms with Crippen molar-refractivity contribution in [2.24, 2.45) is 19.2 Å². The Hall–Kier alpha value is -2.89. The van der Waals surface area contributed by atoms with Crippen LogP contribution in [-0.4, -0.2) is 36.3 Å². The molecule has 6 heteroatoms. The van der Waals surface area contributed by atoms with E-state index in [-0.39, 0.29) is 0 Å². The van der Waals surface area contributed by atoms with Gasteiger partial charge in [0.25, 0.3) is 0 Å². The summed E-state index contributed by atoms with van der Waals surface area (Å²) in [6, 6.07) is 15.0. The number of benzene rings is 2. The average Bonchev–Trinajstić information content (AvgIpc) is 3.29. The zero-order valence-corrected chi connectivity index (χ0v) is 16.6. The molecule has 1 aromatic heterocycles. The summed E-state index contributed by atoms with van der Waals surface area (Å²) < 4.78 is 4.23. The Morgan fingerprint density at radius 2 is 1.56 bits per heavy atom. The first-order valence-electron chi connectivity index (χ1n) is 9.52. The van der Waals surface area contributed by atoms with E-state index in [0.29, 0.717) is 0 Å². The number of nitrogens with zero attached hydrogens (tertiary/aromatic N) is 5. The summed E-state index contributed by atoms with van der Waals surface area (Å²) in [6.07, 6.45) is 2.59. The smallest absolute Gasteiger partial charge is 0.227 e. The van der Waals surface area contributed by atoms with E-state index in [2.05, 4.69) is 100 Å². The molecule has 0 spiro atoms. The molecule has 4 rings (SSSR count). The Morgan fingerprint density at radius 1 is 0.889 bits per heavy atom. The third kappa shape index (κ3) is 3.27. The molecule has 0 amide bonds. The molecule has 0 saturated carbocycles. The van der Waals surface area contributed by atoms with Crippen molar-refractivity contribution in [1.29, 1.82) is 0 Å². The average molecular weight is 364 g/mol. The van der Waals surface area contributed by atoms with Gasteiger partial charge in [-0.1, -0.05) is 0 Å². The molecule has 2 heterocycles. The molecule has 6 nitrogen and oxygen atoms in total. The van der Waals surface area contributed by atoms with E-state index >= 15 is 0 Å². The fourth-order valence-corrected chi connectivity index (χ4v) is 3.77. The first kappa shape index (κ1) is 17.5. The van der Waals surface area contributed by atoms with Crippen molar-refractivity contribution in [3.8, 4) is 0 Å². The topological polar surface area (TPSA) is 40.7 Å². The van der Waals surface area contributed by atoms with Gasteiger partial charge in [-0.15, -0.1) is 5.10 Å². The van der Waals surface area contributed by atoms with Crippen LogP contribution in [0.4, 0.5) is 17.1 Å². The largest absolute Gasteiger partial charge is 0.378 e. The predicted octanol–water partition coefficient (Wildman–Crippen LogP) is 3.11. The molecule has 0 atom stereocenters. The van der Waals surface area contributed by atoms with Gasteiger partial charge in [0.15, 0.2) is 0 Å². The molecule has 1 aliphatic rings. The van der Waals surface area contributed by atoms with E-state index in [1.807, 2.05) is 0 Å². The van der Waals surface area contributed by atoms with Crippen molar-refractivity contribution in [1.82, 2.24) is 9.13 Å². The molecule has 1 aliphatic heterocycles. The minimum atomic E-state index is 0.879. The highest BCUT2D eigenvalue weighted by Crippen LogP contribution is 2.22. The minimum Gasteiger partial charge on any atom is -0.378 e. The minimum absolute atomic E-state index is 0.879. The van der Waals surface area contributed by atoms with E-state index in [1.54, 1.807) is 0 Å². The Kier molecular flexibility index (Phi) is 4.56. The number of rotatable bonds is 4. The maximum absolute atomic E-state index is 4.66. The Bertz CT molecular complexity index is 1000.